The van der Waals surface area contributed by atoms with Crippen LogP contribution >= 0.6 is 0 Å². The van der Waals surface area contributed by atoms with Crippen molar-refractivity contribution in [2.45, 2.75) is 38.8 Å². The molecule has 1 aliphatic rings. The Morgan fingerprint density at radius 1 is 1.07 bits per heavy atom. The van der Waals surface area contributed by atoms with Crippen molar-refractivity contribution in [3.05, 3.63) is 77.0 Å². The molecule has 0 saturated carbocycles. The minimum Gasteiger partial charge on any atom is -0.489 e. The molecule has 0 radical (unpaired) electrons. The summed E-state index contributed by atoms with van der Waals surface area (Å²) in [4.78, 5) is 24.6. The van der Waals surface area contributed by atoms with Gasteiger partial charge in [-0.1, -0.05) is 55.8 Å². The van der Waals surface area contributed by atoms with E-state index in [1.165, 1.54) is 7.11 Å². The summed E-state index contributed by atoms with van der Waals surface area (Å²) in [5.74, 6) is 0.269. The average Bonchev–Trinajstić information content (AvgIpc) is 2.76. The van der Waals surface area contributed by atoms with Gasteiger partial charge in [0.2, 0.25) is 0 Å². The second kappa shape index (κ2) is 9.78. The zero-order chi connectivity index (χ0) is 20.6. The zero-order valence-electron chi connectivity index (χ0n) is 16.7. The number of methoxy groups -OCH3 is 1. The normalized spacial score (nSPS) is 16.1. The Balaban J connectivity index is 1.81. The largest absolute Gasteiger partial charge is 0.489 e. The lowest BCUT2D eigenvalue weighted by molar-refractivity contribution is -0.136. The topological polar surface area (TPSA) is 76.7 Å². The molecule has 1 atom stereocenters. The van der Waals surface area contributed by atoms with Gasteiger partial charge in [0, 0.05) is 5.70 Å². The summed E-state index contributed by atoms with van der Waals surface area (Å²) in [5.41, 5.74) is 2.94. The van der Waals surface area contributed by atoms with E-state index in [9.17, 15) is 9.59 Å². The maximum Gasteiger partial charge on any atom is 0.337 e. The number of carbonyl (C=O) groups excluding carboxylic acids is 2. The van der Waals surface area contributed by atoms with Gasteiger partial charge >= 0.3 is 12.0 Å². The summed E-state index contributed by atoms with van der Waals surface area (Å²) in [6, 6.07) is 16.4. The minimum absolute atomic E-state index is 0.321. The van der Waals surface area contributed by atoms with Crippen molar-refractivity contribution in [1.82, 2.24) is 10.6 Å². The fraction of sp³-hybridized carbons (Fsp3) is 0.304. The third-order valence-corrected chi connectivity index (χ3v) is 4.80. The number of urea groups is 1. The number of carbonyl (C=O) groups is 2. The maximum atomic E-state index is 12.5. The standard InChI is InChI=1S/C23H26N2O4/c1-3-4-10-19-20(22(26)28-2)21(25-23(27)24-19)17-11-13-18(14-12-17)29-15-16-8-6-5-7-9-16/h5-9,11-14,21H,3-4,10,15H2,1-2H3,(H2,24,25,27). The molecular weight excluding hydrogens is 368 g/mol. The lowest BCUT2D eigenvalue weighted by Crippen LogP contribution is -2.45. The summed E-state index contributed by atoms with van der Waals surface area (Å²) in [5, 5.41) is 5.60. The van der Waals surface area contributed by atoms with Crippen LogP contribution in [0.15, 0.2) is 65.9 Å². The zero-order valence-corrected chi connectivity index (χ0v) is 16.7. The van der Waals surface area contributed by atoms with Gasteiger partial charge in [-0.25, -0.2) is 9.59 Å². The van der Waals surface area contributed by atoms with Crippen molar-refractivity contribution in [2.24, 2.45) is 0 Å². The van der Waals surface area contributed by atoms with E-state index in [4.69, 9.17) is 9.47 Å². The Bertz CT molecular complexity index is 876. The quantitative estimate of drug-likeness (QED) is 0.657. The Labute approximate surface area is 170 Å². The molecule has 2 N–H and O–H groups in total. The number of amides is 2. The van der Waals surface area contributed by atoms with Crippen LogP contribution in [-0.2, 0) is 16.1 Å². The molecule has 0 fully saturated rings. The first-order chi connectivity index (χ1) is 14.1. The van der Waals surface area contributed by atoms with Crippen LogP contribution in [0.3, 0.4) is 0 Å². The molecule has 6 nitrogen and oxygen atoms in total. The van der Waals surface area contributed by atoms with E-state index in [0.717, 1.165) is 24.0 Å². The molecule has 2 aromatic rings. The monoisotopic (exact) mass is 394 g/mol. The number of unbranched alkanes of at least 4 members (excludes halogenated alkanes) is 1. The number of ether oxygens (including phenoxy) is 2. The van der Waals surface area contributed by atoms with Crippen molar-refractivity contribution in [1.29, 1.82) is 0 Å². The highest BCUT2D eigenvalue weighted by molar-refractivity contribution is 5.95. The third kappa shape index (κ3) is 5.16. The van der Waals surface area contributed by atoms with Crippen molar-refractivity contribution in [3.8, 4) is 5.75 Å². The lowest BCUT2D eigenvalue weighted by atomic mass is 9.93. The van der Waals surface area contributed by atoms with E-state index in [0.29, 0.717) is 30.0 Å². The van der Waals surface area contributed by atoms with Crippen LogP contribution in [0.2, 0.25) is 0 Å². The van der Waals surface area contributed by atoms with E-state index in [1.807, 2.05) is 54.6 Å². The first-order valence-electron chi connectivity index (χ1n) is 9.78. The molecule has 29 heavy (non-hydrogen) atoms. The smallest absolute Gasteiger partial charge is 0.337 e. The summed E-state index contributed by atoms with van der Waals surface area (Å²) in [6.07, 6.45) is 2.44. The van der Waals surface area contributed by atoms with Crippen molar-refractivity contribution < 1.29 is 19.1 Å². The summed E-state index contributed by atoms with van der Waals surface area (Å²) in [6.45, 7) is 2.53. The van der Waals surface area contributed by atoms with Crippen LogP contribution in [0.5, 0.6) is 5.75 Å². The van der Waals surface area contributed by atoms with Crippen LogP contribution in [0.1, 0.15) is 43.4 Å². The summed E-state index contributed by atoms with van der Waals surface area (Å²) in [7, 11) is 1.35. The molecule has 152 valence electrons. The number of hydrogen-bond donors (Lipinski definition) is 2. The van der Waals surface area contributed by atoms with Crippen LogP contribution in [-0.4, -0.2) is 19.1 Å². The number of esters is 1. The number of allylic oxidation sites excluding steroid dienone is 1. The molecule has 0 bridgehead atoms. The minimum atomic E-state index is -0.564. The van der Waals surface area contributed by atoms with Gasteiger partial charge in [0.25, 0.3) is 0 Å². The second-order valence-corrected chi connectivity index (χ2v) is 6.86. The summed E-state index contributed by atoms with van der Waals surface area (Å²) < 4.78 is 10.8. The highest BCUT2D eigenvalue weighted by Crippen LogP contribution is 2.30. The molecule has 6 heteroatoms. The number of nitrogens with one attached hydrogen (secondary N) is 2. The first-order valence-corrected chi connectivity index (χ1v) is 9.78. The predicted octanol–water partition coefficient (Wildman–Crippen LogP) is 4.24. The van der Waals surface area contributed by atoms with E-state index >= 15 is 0 Å². The van der Waals surface area contributed by atoms with Gasteiger partial charge < -0.3 is 20.1 Å². The van der Waals surface area contributed by atoms with Gasteiger partial charge in [-0.15, -0.1) is 0 Å². The van der Waals surface area contributed by atoms with Crippen LogP contribution in [0.25, 0.3) is 0 Å². The Morgan fingerprint density at radius 2 is 1.79 bits per heavy atom. The highest BCUT2D eigenvalue weighted by atomic mass is 16.5. The number of hydrogen-bond acceptors (Lipinski definition) is 4. The molecule has 0 aliphatic carbocycles. The number of rotatable bonds is 8. The SMILES string of the molecule is CCCCC1=C(C(=O)OC)C(c2ccc(OCc3ccccc3)cc2)NC(=O)N1. The fourth-order valence-corrected chi connectivity index (χ4v) is 3.27. The Morgan fingerprint density at radius 3 is 2.45 bits per heavy atom. The van der Waals surface area contributed by atoms with Crippen molar-refractivity contribution >= 4 is 12.0 Å². The molecular formula is C23H26N2O4. The van der Waals surface area contributed by atoms with Crippen molar-refractivity contribution in [2.75, 3.05) is 7.11 Å². The van der Waals surface area contributed by atoms with Gasteiger partial charge in [0.15, 0.2) is 0 Å². The van der Waals surface area contributed by atoms with Crippen LogP contribution in [0, 0.1) is 0 Å². The van der Waals surface area contributed by atoms with Gasteiger partial charge in [0.1, 0.15) is 12.4 Å². The van der Waals surface area contributed by atoms with Gasteiger partial charge in [-0.3, -0.25) is 0 Å². The third-order valence-electron chi connectivity index (χ3n) is 4.80. The average molecular weight is 394 g/mol. The molecule has 0 saturated heterocycles. The van der Waals surface area contributed by atoms with Gasteiger partial charge in [0.05, 0.1) is 18.7 Å². The molecule has 0 aromatic heterocycles. The molecule has 1 aliphatic heterocycles. The maximum absolute atomic E-state index is 12.5. The lowest BCUT2D eigenvalue weighted by Gasteiger charge is -2.29. The first kappa shape index (κ1) is 20.5. The van der Waals surface area contributed by atoms with E-state index in [1.54, 1.807) is 0 Å². The molecule has 3 rings (SSSR count). The summed E-state index contributed by atoms with van der Waals surface area (Å²) >= 11 is 0. The van der Waals surface area contributed by atoms with E-state index in [2.05, 4.69) is 17.6 Å². The molecule has 2 amide bonds. The molecule has 1 unspecified atom stereocenters. The van der Waals surface area contributed by atoms with Crippen LogP contribution in [0.4, 0.5) is 4.79 Å². The Hall–Kier alpha value is -3.28. The number of benzene rings is 2. The second-order valence-electron chi connectivity index (χ2n) is 6.86. The van der Waals surface area contributed by atoms with Gasteiger partial charge in [-0.05, 0) is 36.1 Å². The predicted molar refractivity (Wildman–Crippen MR) is 110 cm³/mol. The fourth-order valence-electron chi connectivity index (χ4n) is 3.27. The molecule has 1 heterocycles. The van der Waals surface area contributed by atoms with Crippen molar-refractivity contribution in [3.63, 3.8) is 0 Å². The molecule has 2 aromatic carbocycles. The van der Waals surface area contributed by atoms with E-state index in [-0.39, 0.29) is 6.03 Å². The highest BCUT2D eigenvalue weighted by Gasteiger charge is 2.33. The van der Waals surface area contributed by atoms with Crippen LogP contribution < -0.4 is 15.4 Å². The molecule has 0 spiro atoms. The van der Waals surface area contributed by atoms with Gasteiger partial charge in [-0.2, -0.15) is 0 Å². The van der Waals surface area contributed by atoms with E-state index < -0.39 is 12.0 Å². The Kier molecular flexibility index (Phi) is 6.89.